The summed E-state index contributed by atoms with van der Waals surface area (Å²) < 4.78 is 26.2. The van der Waals surface area contributed by atoms with Crippen molar-refractivity contribution in [3.63, 3.8) is 0 Å². The van der Waals surface area contributed by atoms with Crippen LogP contribution in [0.4, 0.5) is 0 Å². The van der Waals surface area contributed by atoms with Gasteiger partial charge in [0.25, 0.3) is 10.0 Å². The number of hydrogen-bond acceptors (Lipinski definition) is 4. The first-order valence-electron chi connectivity index (χ1n) is 5.83. The molecular weight excluding hydrogens is 288 g/mol. The molecule has 3 rings (SSSR count). The van der Waals surface area contributed by atoms with Gasteiger partial charge in [-0.1, -0.05) is 12.1 Å². The van der Waals surface area contributed by atoms with Crippen LogP contribution in [0.25, 0.3) is 11.0 Å². The highest BCUT2D eigenvalue weighted by molar-refractivity contribution is 7.89. The molecule has 1 aliphatic rings. The van der Waals surface area contributed by atoms with Crippen molar-refractivity contribution in [1.29, 1.82) is 0 Å². The van der Waals surface area contributed by atoms with Gasteiger partial charge in [-0.15, -0.1) is 12.4 Å². The van der Waals surface area contributed by atoms with Gasteiger partial charge in [-0.2, -0.15) is 4.31 Å². The zero-order valence-corrected chi connectivity index (χ0v) is 11.8. The van der Waals surface area contributed by atoms with E-state index in [2.05, 4.69) is 15.3 Å². The van der Waals surface area contributed by atoms with Crippen LogP contribution < -0.4 is 5.32 Å². The molecule has 0 bridgehead atoms. The zero-order chi connectivity index (χ0) is 12.6. The Balaban J connectivity index is 0.00000133. The van der Waals surface area contributed by atoms with Gasteiger partial charge < -0.3 is 10.3 Å². The van der Waals surface area contributed by atoms with Gasteiger partial charge in [-0.25, -0.2) is 13.4 Å². The summed E-state index contributed by atoms with van der Waals surface area (Å²) in [6.07, 6.45) is 0. The summed E-state index contributed by atoms with van der Waals surface area (Å²) in [7, 11) is -3.50. The van der Waals surface area contributed by atoms with Crippen molar-refractivity contribution in [2.75, 3.05) is 26.2 Å². The lowest BCUT2D eigenvalue weighted by Crippen LogP contribution is -2.46. The third kappa shape index (κ3) is 2.59. The molecule has 0 amide bonds. The average Bonchev–Trinajstić information content (AvgIpc) is 2.84. The van der Waals surface area contributed by atoms with Crippen molar-refractivity contribution in [2.45, 2.75) is 5.16 Å². The predicted octanol–water partition coefficient (Wildman–Crippen LogP) is 0.579. The third-order valence-electron chi connectivity index (χ3n) is 3.03. The Morgan fingerprint density at radius 3 is 2.53 bits per heavy atom. The lowest BCUT2D eigenvalue weighted by molar-refractivity contribution is 0.358. The number of benzene rings is 1. The molecule has 1 aromatic heterocycles. The van der Waals surface area contributed by atoms with E-state index in [1.165, 1.54) is 4.31 Å². The number of halogens is 1. The molecule has 1 saturated heterocycles. The van der Waals surface area contributed by atoms with Gasteiger partial charge in [0.05, 0.1) is 11.0 Å². The lowest BCUT2D eigenvalue weighted by Gasteiger charge is -2.25. The highest BCUT2D eigenvalue weighted by Gasteiger charge is 2.28. The quantitative estimate of drug-likeness (QED) is 0.850. The van der Waals surface area contributed by atoms with Crippen LogP contribution in [-0.4, -0.2) is 48.9 Å². The fourth-order valence-corrected chi connectivity index (χ4v) is 3.42. The summed E-state index contributed by atoms with van der Waals surface area (Å²) in [5.41, 5.74) is 1.41. The van der Waals surface area contributed by atoms with E-state index in [9.17, 15) is 8.42 Å². The molecule has 19 heavy (non-hydrogen) atoms. The first kappa shape index (κ1) is 14.3. The van der Waals surface area contributed by atoms with E-state index in [0.29, 0.717) is 31.7 Å². The molecule has 1 fully saturated rings. The molecule has 1 aromatic carbocycles. The first-order valence-corrected chi connectivity index (χ1v) is 7.27. The van der Waals surface area contributed by atoms with Gasteiger partial charge in [0.15, 0.2) is 0 Å². The number of H-pyrrole nitrogens is 1. The lowest BCUT2D eigenvalue weighted by atomic mass is 10.3. The van der Waals surface area contributed by atoms with Crippen LogP contribution >= 0.6 is 12.4 Å². The molecule has 0 spiro atoms. The van der Waals surface area contributed by atoms with Crippen molar-refractivity contribution >= 4 is 33.5 Å². The highest BCUT2D eigenvalue weighted by Crippen LogP contribution is 2.17. The van der Waals surface area contributed by atoms with Gasteiger partial charge in [-0.3, -0.25) is 0 Å². The third-order valence-corrected chi connectivity index (χ3v) is 4.75. The molecule has 0 saturated carbocycles. The second-order valence-electron chi connectivity index (χ2n) is 4.21. The number of sulfonamides is 1. The number of piperazine rings is 1. The molecule has 0 aliphatic carbocycles. The number of fused-ring (bicyclic) bond motifs is 1. The van der Waals surface area contributed by atoms with Crippen molar-refractivity contribution in [3.05, 3.63) is 24.3 Å². The minimum atomic E-state index is -3.50. The standard InChI is InChI=1S/C11H14N4O2S.ClH/c16-18(17,15-7-5-12-6-8-15)11-13-9-3-1-2-4-10(9)14-11;/h1-4,12H,5-8H2,(H,13,14);1H. The van der Waals surface area contributed by atoms with E-state index in [1.807, 2.05) is 18.2 Å². The Hall–Kier alpha value is -1.15. The second-order valence-corrected chi connectivity index (χ2v) is 6.07. The summed E-state index contributed by atoms with van der Waals surface area (Å²) in [5, 5.41) is 3.16. The van der Waals surface area contributed by atoms with Gasteiger partial charge in [0, 0.05) is 26.2 Å². The van der Waals surface area contributed by atoms with E-state index < -0.39 is 10.0 Å². The molecule has 0 unspecified atom stereocenters. The number of nitrogens with zero attached hydrogens (tertiary/aromatic N) is 2. The Labute approximate surface area is 117 Å². The Morgan fingerprint density at radius 1 is 1.16 bits per heavy atom. The van der Waals surface area contributed by atoms with Crippen LogP contribution in [0.5, 0.6) is 0 Å². The number of aromatic amines is 1. The maximum atomic E-state index is 12.4. The van der Waals surface area contributed by atoms with Crippen LogP contribution in [0.1, 0.15) is 0 Å². The Morgan fingerprint density at radius 2 is 1.84 bits per heavy atom. The number of hydrogen-bond donors (Lipinski definition) is 2. The van der Waals surface area contributed by atoms with Crippen molar-refractivity contribution in [3.8, 4) is 0 Å². The molecule has 8 heteroatoms. The summed E-state index contributed by atoms with van der Waals surface area (Å²) in [6.45, 7) is 2.33. The van der Waals surface area contributed by atoms with E-state index in [0.717, 1.165) is 5.52 Å². The number of rotatable bonds is 2. The average molecular weight is 303 g/mol. The highest BCUT2D eigenvalue weighted by atomic mass is 35.5. The molecule has 1 aliphatic heterocycles. The maximum Gasteiger partial charge on any atom is 0.276 e. The van der Waals surface area contributed by atoms with Crippen LogP contribution in [0.15, 0.2) is 29.4 Å². The van der Waals surface area contributed by atoms with Crippen LogP contribution in [0.3, 0.4) is 0 Å². The summed E-state index contributed by atoms with van der Waals surface area (Å²) >= 11 is 0. The minimum Gasteiger partial charge on any atom is -0.328 e. The van der Waals surface area contributed by atoms with Crippen molar-refractivity contribution in [1.82, 2.24) is 19.6 Å². The SMILES string of the molecule is Cl.O=S(=O)(c1nc2ccccc2[nH]1)N1CCNCC1. The van der Waals surface area contributed by atoms with Gasteiger partial charge in [0.1, 0.15) is 0 Å². The number of aromatic nitrogens is 2. The van der Waals surface area contributed by atoms with Crippen LogP contribution in [0.2, 0.25) is 0 Å². The molecule has 2 heterocycles. The van der Waals surface area contributed by atoms with Crippen molar-refractivity contribution in [2.24, 2.45) is 0 Å². The monoisotopic (exact) mass is 302 g/mol. The second kappa shape index (κ2) is 5.46. The number of imidazole rings is 1. The molecule has 104 valence electrons. The van der Waals surface area contributed by atoms with Crippen LogP contribution in [-0.2, 0) is 10.0 Å². The normalized spacial score (nSPS) is 17.3. The summed E-state index contributed by atoms with van der Waals surface area (Å²) in [5.74, 6) is 0. The van der Waals surface area contributed by atoms with E-state index >= 15 is 0 Å². The van der Waals surface area contributed by atoms with Crippen LogP contribution in [0, 0.1) is 0 Å². The van der Waals surface area contributed by atoms with Gasteiger partial charge >= 0.3 is 0 Å². The Bertz CT molecular complexity index is 631. The smallest absolute Gasteiger partial charge is 0.276 e. The molecule has 2 N–H and O–H groups in total. The Kier molecular flexibility index (Phi) is 4.10. The fraction of sp³-hybridized carbons (Fsp3) is 0.364. The minimum absolute atomic E-state index is 0. The van der Waals surface area contributed by atoms with Gasteiger partial charge in [0.2, 0.25) is 5.16 Å². The number of nitrogens with one attached hydrogen (secondary N) is 2. The predicted molar refractivity (Wildman–Crippen MR) is 75.0 cm³/mol. The summed E-state index contributed by atoms with van der Waals surface area (Å²) in [6, 6.07) is 7.30. The first-order chi connectivity index (χ1) is 8.68. The van der Waals surface area contributed by atoms with E-state index in [4.69, 9.17) is 0 Å². The largest absolute Gasteiger partial charge is 0.328 e. The topological polar surface area (TPSA) is 78.1 Å². The molecule has 6 nitrogen and oxygen atoms in total. The summed E-state index contributed by atoms with van der Waals surface area (Å²) in [4.78, 5) is 7.03. The van der Waals surface area contributed by atoms with Gasteiger partial charge in [-0.05, 0) is 12.1 Å². The number of para-hydroxylation sites is 2. The van der Waals surface area contributed by atoms with Crippen molar-refractivity contribution < 1.29 is 8.42 Å². The maximum absolute atomic E-state index is 12.4. The molecule has 0 atom stereocenters. The molecule has 2 aromatic rings. The van der Waals surface area contributed by atoms with E-state index in [1.54, 1.807) is 6.07 Å². The van der Waals surface area contributed by atoms with E-state index in [-0.39, 0.29) is 17.6 Å². The fourth-order valence-electron chi connectivity index (χ4n) is 2.06. The zero-order valence-electron chi connectivity index (χ0n) is 10.2. The molecule has 0 radical (unpaired) electrons. The molecular formula is C11H15ClN4O2S.